The van der Waals surface area contributed by atoms with Crippen LogP contribution in [0.15, 0.2) is 60.7 Å². The molecule has 2 aliphatic rings. The van der Waals surface area contributed by atoms with E-state index in [0.717, 1.165) is 16.7 Å². The van der Waals surface area contributed by atoms with Crippen molar-refractivity contribution in [2.45, 2.75) is 25.1 Å². The number of hydrogen-bond donors (Lipinski definition) is 0. The number of carbonyl (C=O) groups excluding carboxylic acids is 1. The van der Waals surface area contributed by atoms with Crippen molar-refractivity contribution < 1.29 is 14.3 Å². The lowest BCUT2D eigenvalue weighted by Crippen LogP contribution is -2.56. The highest BCUT2D eigenvalue weighted by atomic mass is 16.6. The van der Waals surface area contributed by atoms with Gasteiger partial charge in [0.05, 0.1) is 36.9 Å². The van der Waals surface area contributed by atoms with Crippen molar-refractivity contribution >= 4 is 11.7 Å². The summed E-state index contributed by atoms with van der Waals surface area (Å²) in [6, 6.07) is 19.2. The standard InChI is InChI=1S/C22H20N2O3/c23-12-17-8-4-5-9-21(17)18-10-19-14-26-15-20(11-18)24(19)22(25)27-13-16-6-2-1-3-7-16/h1-10,19-20H,11,13-15H2. The van der Waals surface area contributed by atoms with Gasteiger partial charge in [-0.05, 0) is 29.2 Å². The molecule has 5 heteroatoms. The highest BCUT2D eigenvalue weighted by Crippen LogP contribution is 2.34. The van der Waals surface area contributed by atoms with Crippen LogP contribution in [0.25, 0.3) is 5.57 Å². The van der Waals surface area contributed by atoms with Gasteiger partial charge in [-0.15, -0.1) is 0 Å². The summed E-state index contributed by atoms with van der Waals surface area (Å²) in [6.07, 6.45) is 2.37. The van der Waals surface area contributed by atoms with Crippen molar-refractivity contribution in [3.8, 4) is 6.07 Å². The molecule has 0 spiro atoms. The largest absolute Gasteiger partial charge is 0.445 e. The van der Waals surface area contributed by atoms with Crippen LogP contribution in [0.1, 0.15) is 23.1 Å². The Morgan fingerprint density at radius 1 is 1.15 bits per heavy atom. The zero-order chi connectivity index (χ0) is 18.6. The molecule has 0 radical (unpaired) electrons. The Morgan fingerprint density at radius 2 is 1.93 bits per heavy atom. The molecule has 2 aliphatic heterocycles. The predicted molar refractivity (Wildman–Crippen MR) is 101 cm³/mol. The van der Waals surface area contributed by atoms with E-state index in [1.54, 1.807) is 4.90 Å². The SMILES string of the molecule is N#Cc1ccccc1C1=CC2COCC(C1)N2C(=O)OCc1ccccc1. The number of amides is 1. The molecule has 2 atom stereocenters. The van der Waals surface area contributed by atoms with Crippen molar-refractivity contribution in [1.82, 2.24) is 4.90 Å². The van der Waals surface area contributed by atoms with E-state index in [4.69, 9.17) is 9.47 Å². The van der Waals surface area contributed by atoms with Gasteiger partial charge in [-0.1, -0.05) is 54.6 Å². The van der Waals surface area contributed by atoms with Crippen LogP contribution in [0.2, 0.25) is 0 Å². The Hall–Kier alpha value is -3.10. The molecule has 0 aliphatic carbocycles. The molecule has 4 rings (SSSR count). The van der Waals surface area contributed by atoms with Gasteiger partial charge in [0.1, 0.15) is 6.61 Å². The molecule has 0 saturated carbocycles. The third kappa shape index (κ3) is 3.57. The van der Waals surface area contributed by atoms with Crippen LogP contribution in [0.4, 0.5) is 4.79 Å². The van der Waals surface area contributed by atoms with Gasteiger partial charge in [0.15, 0.2) is 0 Å². The lowest BCUT2D eigenvalue weighted by atomic mass is 9.88. The van der Waals surface area contributed by atoms with Crippen LogP contribution in [-0.4, -0.2) is 36.3 Å². The third-order valence-corrected chi connectivity index (χ3v) is 5.01. The van der Waals surface area contributed by atoms with Crippen molar-refractivity contribution in [2.75, 3.05) is 13.2 Å². The van der Waals surface area contributed by atoms with Crippen LogP contribution < -0.4 is 0 Å². The average Bonchev–Trinajstić information content (AvgIpc) is 2.71. The van der Waals surface area contributed by atoms with E-state index in [2.05, 4.69) is 6.07 Å². The van der Waals surface area contributed by atoms with E-state index in [-0.39, 0.29) is 24.8 Å². The van der Waals surface area contributed by atoms with Gasteiger partial charge < -0.3 is 9.47 Å². The highest BCUT2D eigenvalue weighted by Gasteiger charge is 2.39. The molecule has 2 unspecified atom stereocenters. The summed E-state index contributed by atoms with van der Waals surface area (Å²) in [5, 5.41) is 9.38. The fourth-order valence-corrected chi connectivity index (χ4v) is 3.73. The molecule has 2 aromatic rings. The van der Waals surface area contributed by atoms with Crippen molar-refractivity contribution in [1.29, 1.82) is 5.26 Å². The number of rotatable bonds is 3. The Labute approximate surface area is 158 Å². The van der Waals surface area contributed by atoms with E-state index >= 15 is 0 Å². The minimum atomic E-state index is -0.318. The fraction of sp³-hybridized carbons (Fsp3) is 0.273. The van der Waals surface area contributed by atoms with Crippen LogP contribution in [0.5, 0.6) is 0 Å². The van der Waals surface area contributed by atoms with E-state index in [9.17, 15) is 10.1 Å². The zero-order valence-electron chi connectivity index (χ0n) is 14.9. The molecule has 2 heterocycles. The maximum atomic E-state index is 12.7. The third-order valence-electron chi connectivity index (χ3n) is 5.01. The Kier molecular flexibility index (Phi) is 4.91. The number of nitriles is 1. The second-order valence-corrected chi connectivity index (χ2v) is 6.76. The molecule has 1 fully saturated rings. The summed E-state index contributed by atoms with van der Waals surface area (Å²) in [4.78, 5) is 14.5. The lowest BCUT2D eigenvalue weighted by Gasteiger charge is -2.43. The molecule has 1 saturated heterocycles. The average molecular weight is 360 g/mol. The van der Waals surface area contributed by atoms with Crippen LogP contribution >= 0.6 is 0 Å². The molecular weight excluding hydrogens is 340 g/mol. The first-order valence-corrected chi connectivity index (χ1v) is 9.03. The first-order chi connectivity index (χ1) is 13.3. The van der Waals surface area contributed by atoms with Gasteiger partial charge in [0, 0.05) is 0 Å². The van der Waals surface area contributed by atoms with Gasteiger partial charge >= 0.3 is 6.09 Å². The van der Waals surface area contributed by atoms with E-state index in [0.29, 0.717) is 25.2 Å². The van der Waals surface area contributed by atoms with E-state index in [1.807, 2.05) is 60.7 Å². The number of benzene rings is 2. The maximum absolute atomic E-state index is 12.7. The smallest absolute Gasteiger partial charge is 0.411 e. The number of fused-ring (bicyclic) bond motifs is 2. The molecule has 5 nitrogen and oxygen atoms in total. The van der Waals surface area contributed by atoms with Crippen molar-refractivity contribution in [3.05, 3.63) is 77.4 Å². The molecule has 1 amide bonds. The van der Waals surface area contributed by atoms with Gasteiger partial charge in [0.2, 0.25) is 0 Å². The fourth-order valence-electron chi connectivity index (χ4n) is 3.73. The minimum absolute atomic E-state index is 0.0845. The van der Waals surface area contributed by atoms with Crippen molar-refractivity contribution in [3.63, 3.8) is 0 Å². The predicted octanol–water partition coefficient (Wildman–Crippen LogP) is 3.75. The lowest BCUT2D eigenvalue weighted by molar-refractivity contribution is -0.0342. The van der Waals surface area contributed by atoms with Gasteiger partial charge in [-0.2, -0.15) is 5.26 Å². The number of carbonyl (C=O) groups is 1. The number of morpholine rings is 1. The highest BCUT2D eigenvalue weighted by molar-refractivity contribution is 5.76. The summed E-state index contributed by atoms with van der Waals surface area (Å²) in [6.45, 7) is 1.17. The topological polar surface area (TPSA) is 62.6 Å². The summed E-state index contributed by atoms with van der Waals surface area (Å²) in [7, 11) is 0. The first kappa shape index (κ1) is 17.3. The molecule has 2 bridgehead atoms. The quantitative estimate of drug-likeness (QED) is 0.836. The van der Waals surface area contributed by atoms with E-state index < -0.39 is 0 Å². The van der Waals surface area contributed by atoms with Crippen LogP contribution in [0.3, 0.4) is 0 Å². The monoisotopic (exact) mass is 360 g/mol. The number of hydrogen-bond acceptors (Lipinski definition) is 4. The van der Waals surface area contributed by atoms with Crippen LogP contribution in [0, 0.1) is 11.3 Å². The van der Waals surface area contributed by atoms with Crippen molar-refractivity contribution in [2.24, 2.45) is 0 Å². The minimum Gasteiger partial charge on any atom is -0.445 e. The molecule has 2 aromatic carbocycles. The number of ether oxygens (including phenoxy) is 2. The van der Waals surface area contributed by atoms with Gasteiger partial charge in [-0.3, -0.25) is 4.90 Å². The Balaban J connectivity index is 1.53. The molecular formula is C22H20N2O3. The second kappa shape index (κ2) is 7.65. The zero-order valence-corrected chi connectivity index (χ0v) is 14.9. The molecule has 0 aromatic heterocycles. The molecule has 136 valence electrons. The normalized spacial score (nSPS) is 21.1. The second-order valence-electron chi connectivity index (χ2n) is 6.76. The Bertz CT molecular complexity index is 901. The number of nitrogens with zero attached hydrogens (tertiary/aromatic N) is 2. The van der Waals surface area contributed by atoms with Gasteiger partial charge in [0.25, 0.3) is 0 Å². The maximum Gasteiger partial charge on any atom is 0.411 e. The summed E-state index contributed by atoms with van der Waals surface area (Å²) in [5.74, 6) is 0. The Morgan fingerprint density at radius 3 is 2.70 bits per heavy atom. The molecule has 0 N–H and O–H groups in total. The first-order valence-electron chi connectivity index (χ1n) is 9.03. The van der Waals surface area contributed by atoms with E-state index in [1.165, 1.54) is 0 Å². The molecule has 27 heavy (non-hydrogen) atoms. The summed E-state index contributed by atoms with van der Waals surface area (Å²) in [5.41, 5.74) is 3.65. The van der Waals surface area contributed by atoms with Crippen LogP contribution in [-0.2, 0) is 16.1 Å². The summed E-state index contributed by atoms with van der Waals surface area (Å²) >= 11 is 0. The van der Waals surface area contributed by atoms with Gasteiger partial charge in [-0.25, -0.2) is 4.79 Å². The summed E-state index contributed by atoms with van der Waals surface area (Å²) < 4.78 is 11.2.